The molecular weight excluding hydrogens is 248 g/mol. The molecule has 20 heavy (non-hydrogen) atoms. The van der Waals surface area contributed by atoms with E-state index in [-0.39, 0.29) is 5.56 Å². The van der Waals surface area contributed by atoms with Crippen molar-refractivity contribution in [2.75, 3.05) is 0 Å². The molecule has 1 aromatic heterocycles. The van der Waals surface area contributed by atoms with Gasteiger partial charge < -0.3 is 4.98 Å². The van der Waals surface area contributed by atoms with Gasteiger partial charge in [-0.25, -0.2) is 4.85 Å². The summed E-state index contributed by atoms with van der Waals surface area (Å²) in [4.78, 5) is 18.4. The van der Waals surface area contributed by atoms with Crippen LogP contribution in [0.15, 0.2) is 59.4 Å². The second-order valence-electron chi connectivity index (χ2n) is 4.67. The van der Waals surface area contributed by atoms with Crippen LogP contribution in [-0.2, 0) is 6.42 Å². The van der Waals surface area contributed by atoms with Crippen molar-refractivity contribution < 1.29 is 0 Å². The summed E-state index contributed by atoms with van der Waals surface area (Å²) in [6.45, 7) is 7.05. The Hall–Kier alpha value is -2.86. The smallest absolute Gasteiger partial charge is 0.251 e. The average molecular weight is 260 g/mol. The first-order valence-corrected chi connectivity index (χ1v) is 6.33. The van der Waals surface area contributed by atoms with Gasteiger partial charge in [0.05, 0.1) is 6.57 Å². The first-order valence-electron chi connectivity index (χ1n) is 6.33. The molecule has 0 atom stereocenters. The van der Waals surface area contributed by atoms with Crippen LogP contribution in [0.25, 0.3) is 15.7 Å². The number of aromatic nitrogens is 1. The van der Waals surface area contributed by atoms with Gasteiger partial charge in [0.15, 0.2) is 5.69 Å². The van der Waals surface area contributed by atoms with Gasteiger partial charge in [-0.3, -0.25) is 4.79 Å². The van der Waals surface area contributed by atoms with E-state index in [1.165, 1.54) is 0 Å². The third-order valence-corrected chi connectivity index (χ3v) is 3.27. The monoisotopic (exact) mass is 260 g/mol. The Kier molecular flexibility index (Phi) is 3.06. The van der Waals surface area contributed by atoms with Crippen LogP contribution in [0.1, 0.15) is 11.1 Å². The van der Waals surface area contributed by atoms with Crippen LogP contribution in [0.4, 0.5) is 5.69 Å². The molecule has 3 rings (SSSR count). The molecule has 2 aromatic carbocycles. The number of benzene rings is 2. The summed E-state index contributed by atoms with van der Waals surface area (Å²) in [7, 11) is 0. The fourth-order valence-corrected chi connectivity index (χ4v) is 2.26. The topological polar surface area (TPSA) is 37.2 Å². The normalized spacial score (nSPS) is 10.3. The average Bonchev–Trinajstić information content (AvgIpc) is 2.48. The Balaban J connectivity index is 2.09. The van der Waals surface area contributed by atoms with Gasteiger partial charge in [0.25, 0.3) is 5.56 Å². The van der Waals surface area contributed by atoms with E-state index in [1.807, 2.05) is 36.4 Å². The van der Waals surface area contributed by atoms with Gasteiger partial charge in [-0.15, -0.1) is 0 Å². The van der Waals surface area contributed by atoms with Crippen LogP contribution in [0.5, 0.6) is 0 Å². The minimum atomic E-state index is -0.0723. The van der Waals surface area contributed by atoms with Crippen molar-refractivity contribution in [3.05, 3.63) is 87.5 Å². The van der Waals surface area contributed by atoms with Crippen molar-refractivity contribution in [2.24, 2.45) is 0 Å². The Morgan fingerprint density at radius 2 is 1.85 bits per heavy atom. The number of pyridine rings is 1. The maximum Gasteiger partial charge on any atom is 0.251 e. The van der Waals surface area contributed by atoms with Gasteiger partial charge in [0, 0.05) is 17.5 Å². The number of H-pyrrole nitrogens is 1. The Morgan fingerprint density at radius 1 is 1.05 bits per heavy atom. The fourth-order valence-electron chi connectivity index (χ4n) is 2.26. The predicted octanol–water partition coefficient (Wildman–Crippen LogP) is 3.67. The largest absolute Gasteiger partial charge is 0.322 e. The molecule has 1 N–H and O–H groups in total. The number of hydrogen-bond acceptors (Lipinski definition) is 1. The summed E-state index contributed by atoms with van der Waals surface area (Å²) in [6.07, 6.45) is 0.592. The van der Waals surface area contributed by atoms with E-state index >= 15 is 0 Å². The lowest BCUT2D eigenvalue weighted by Crippen LogP contribution is -2.12. The standard InChI is InChI=1S/C17H12N2O/c1-18-15-7-8-16-13(11-15)10-14(17(20)19-16)9-12-5-3-2-4-6-12/h2-8,10-11H,9H2,(H,19,20). The molecule has 0 saturated heterocycles. The maximum atomic E-state index is 12.1. The fraction of sp³-hybridized carbons (Fsp3) is 0.0588. The summed E-state index contributed by atoms with van der Waals surface area (Å²) in [6, 6.07) is 17.0. The lowest BCUT2D eigenvalue weighted by atomic mass is 10.0. The van der Waals surface area contributed by atoms with Crippen LogP contribution in [0.2, 0.25) is 0 Å². The van der Waals surface area contributed by atoms with Gasteiger partial charge in [0.2, 0.25) is 0 Å². The van der Waals surface area contributed by atoms with Gasteiger partial charge >= 0.3 is 0 Å². The zero-order valence-corrected chi connectivity index (χ0v) is 10.8. The van der Waals surface area contributed by atoms with E-state index in [4.69, 9.17) is 6.57 Å². The van der Waals surface area contributed by atoms with Crippen LogP contribution in [-0.4, -0.2) is 4.98 Å². The first-order chi connectivity index (χ1) is 9.76. The molecule has 0 spiro atoms. The van der Waals surface area contributed by atoms with Crippen LogP contribution >= 0.6 is 0 Å². The molecule has 0 aliphatic rings. The van der Waals surface area contributed by atoms with Crippen molar-refractivity contribution in [1.29, 1.82) is 0 Å². The Morgan fingerprint density at radius 3 is 2.60 bits per heavy atom. The van der Waals surface area contributed by atoms with Crippen LogP contribution in [0, 0.1) is 6.57 Å². The van der Waals surface area contributed by atoms with Gasteiger partial charge in [-0.2, -0.15) is 0 Å². The number of nitrogens with zero attached hydrogens (tertiary/aromatic N) is 1. The molecule has 3 heteroatoms. The summed E-state index contributed by atoms with van der Waals surface area (Å²) in [5, 5.41) is 0.893. The predicted molar refractivity (Wildman–Crippen MR) is 80.1 cm³/mol. The lowest BCUT2D eigenvalue weighted by molar-refractivity contribution is 1.12. The van der Waals surface area contributed by atoms with Crippen LogP contribution < -0.4 is 5.56 Å². The molecule has 0 unspecified atom stereocenters. The molecule has 0 aliphatic heterocycles. The maximum absolute atomic E-state index is 12.1. The minimum Gasteiger partial charge on any atom is -0.322 e. The summed E-state index contributed by atoms with van der Waals surface area (Å²) >= 11 is 0. The van der Waals surface area contributed by atoms with E-state index in [2.05, 4.69) is 9.83 Å². The quantitative estimate of drug-likeness (QED) is 0.701. The van der Waals surface area contributed by atoms with Crippen molar-refractivity contribution in [1.82, 2.24) is 4.98 Å². The van der Waals surface area contributed by atoms with Crippen molar-refractivity contribution in [3.63, 3.8) is 0 Å². The number of aromatic amines is 1. The molecule has 0 fully saturated rings. The van der Waals surface area contributed by atoms with E-state index in [1.54, 1.807) is 18.2 Å². The number of nitrogens with one attached hydrogen (secondary N) is 1. The highest BCUT2D eigenvalue weighted by Crippen LogP contribution is 2.20. The SMILES string of the molecule is [C-]#[N+]c1ccc2[nH]c(=O)c(Cc3ccccc3)cc2c1. The number of fused-ring (bicyclic) bond motifs is 1. The Bertz CT molecular complexity index is 858. The van der Waals surface area contributed by atoms with Crippen molar-refractivity contribution in [3.8, 4) is 0 Å². The molecule has 0 radical (unpaired) electrons. The zero-order chi connectivity index (χ0) is 13.9. The highest BCUT2D eigenvalue weighted by molar-refractivity contribution is 5.83. The summed E-state index contributed by atoms with van der Waals surface area (Å²) in [5.74, 6) is 0. The van der Waals surface area contributed by atoms with Crippen LogP contribution in [0.3, 0.4) is 0 Å². The van der Waals surface area contributed by atoms with E-state index in [9.17, 15) is 4.79 Å². The Labute approximate surface area is 116 Å². The van der Waals surface area contributed by atoms with Crippen molar-refractivity contribution >= 4 is 16.6 Å². The second-order valence-corrected chi connectivity index (χ2v) is 4.67. The third kappa shape index (κ3) is 2.32. The highest BCUT2D eigenvalue weighted by Gasteiger charge is 2.04. The van der Waals surface area contributed by atoms with Gasteiger partial charge in [-0.05, 0) is 29.1 Å². The molecule has 0 aliphatic carbocycles. The molecule has 3 aromatic rings. The highest BCUT2D eigenvalue weighted by atomic mass is 16.1. The lowest BCUT2D eigenvalue weighted by Gasteiger charge is -2.04. The molecular formula is C17H12N2O. The first kappa shape index (κ1) is 12.2. The zero-order valence-electron chi connectivity index (χ0n) is 10.8. The van der Waals surface area contributed by atoms with Crippen molar-refractivity contribution in [2.45, 2.75) is 6.42 Å². The summed E-state index contributed by atoms with van der Waals surface area (Å²) in [5.41, 5.74) is 3.08. The molecule has 0 bridgehead atoms. The molecule has 0 amide bonds. The second kappa shape index (κ2) is 5.02. The molecule has 0 saturated carbocycles. The van der Waals surface area contributed by atoms with E-state index < -0.39 is 0 Å². The third-order valence-electron chi connectivity index (χ3n) is 3.27. The molecule has 3 nitrogen and oxygen atoms in total. The number of hydrogen-bond donors (Lipinski definition) is 1. The minimum absolute atomic E-state index is 0.0723. The van der Waals surface area contributed by atoms with Gasteiger partial charge in [-0.1, -0.05) is 36.4 Å². The molecule has 1 heterocycles. The summed E-state index contributed by atoms with van der Waals surface area (Å²) < 4.78 is 0. The molecule has 96 valence electrons. The van der Waals surface area contributed by atoms with E-state index in [0.717, 1.165) is 16.5 Å². The van der Waals surface area contributed by atoms with Gasteiger partial charge in [0.1, 0.15) is 0 Å². The van der Waals surface area contributed by atoms with E-state index in [0.29, 0.717) is 17.7 Å². The number of rotatable bonds is 2.